The first-order valence-corrected chi connectivity index (χ1v) is 8.86. The quantitative estimate of drug-likeness (QED) is 0.630. The third kappa shape index (κ3) is 4.01. The number of ether oxygens (including phenoxy) is 3. The first kappa shape index (κ1) is 18.7. The largest absolute Gasteiger partial charge is 0.493 e. The minimum absolute atomic E-state index is 0.268. The van der Waals surface area contributed by atoms with Gasteiger partial charge in [0.05, 0.1) is 24.4 Å². The van der Waals surface area contributed by atoms with Crippen molar-refractivity contribution in [2.45, 2.75) is 0 Å². The highest BCUT2D eigenvalue weighted by molar-refractivity contribution is 7.16. The summed E-state index contributed by atoms with van der Waals surface area (Å²) in [5.41, 5.74) is 1.33. The van der Waals surface area contributed by atoms with Gasteiger partial charge in [-0.1, -0.05) is 23.5 Å². The molecule has 0 aliphatic heterocycles. The molecule has 2 aromatic carbocycles. The number of para-hydroxylation sites is 1. The number of carbonyl (C=O) groups excluding carboxylic acids is 2. The van der Waals surface area contributed by atoms with Gasteiger partial charge < -0.3 is 18.8 Å². The van der Waals surface area contributed by atoms with E-state index in [9.17, 15) is 9.59 Å². The topological polar surface area (TPSA) is 79.1 Å². The van der Waals surface area contributed by atoms with Gasteiger partial charge in [0.15, 0.2) is 22.9 Å². The number of amides is 1. The Kier molecular flexibility index (Phi) is 5.56. The van der Waals surface area contributed by atoms with E-state index in [0.29, 0.717) is 16.1 Å². The van der Waals surface area contributed by atoms with Crippen LogP contribution in [0.5, 0.6) is 11.5 Å². The van der Waals surface area contributed by atoms with Crippen molar-refractivity contribution in [1.29, 1.82) is 0 Å². The van der Waals surface area contributed by atoms with E-state index in [1.165, 1.54) is 31.6 Å². The van der Waals surface area contributed by atoms with Gasteiger partial charge in [-0.2, -0.15) is 4.99 Å². The van der Waals surface area contributed by atoms with Crippen LogP contribution in [-0.4, -0.2) is 37.3 Å². The van der Waals surface area contributed by atoms with Gasteiger partial charge in [0, 0.05) is 12.6 Å². The van der Waals surface area contributed by atoms with E-state index in [0.717, 1.165) is 10.2 Å². The van der Waals surface area contributed by atoms with Crippen molar-refractivity contribution in [2.75, 3.05) is 20.8 Å². The second kappa shape index (κ2) is 8.05. The molecule has 0 aliphatic rings. The Labute approximate surface area is 159 Å². The Hall–Kier alpha value is -3.13. The molecule has 1 heterocycles. The van der Waals surface area contributed by atoms with Crippen molar-refractivity contribution in [3.63, 3.8) is 0 Å². The maximum atomic E-state index is 12.6. The maximum absolute atomic E-state index is 12.6. The average Bonchev–Trinajstić information content (AvgIpc) is 3.01. The molecule has 0 radical (unpaired) electrons. The molecule has 0 N–H and O–H groups in total. The summed E-state index contributed by atoms with van der Waals surface area (Å²) >= 11 is 1.43. The fourth-order valence-electron chi connectivity index (χ4n) is 2.46. The van der Waals surface area contributed by atoms with Gasteiger partial charge >= 0.3 is 5.97 Å². The molecule has 3 aromatic rings. The molecule has 0 aliphatic carbocycles. The van der Waals surface area contributed by atoms with Crippen LogP contribution in [0.2, 0.25) is 0 Å². The number of aryl methyl sites for hydroxylation is 1. The minimum atomic E-state index is -0.532. The Balaban J connectivity index is 1.94. The monoisotopic (exact) mass is 386 g/mol. The van der Waals surface area contributed by atoms with E-state index >= 15 is 0 Å². The molecule has 0 unspecified atom stereocenters. The number of carbonyl (C=O) groups is 2. The number of esters is 1. The van der Waals surface area contributed by atoms with Crippen LogP contribution in [0, 0.1) is 0 Å². The molecule has 0 bridgehead atoms. The van der Waals surface area contributed by atoms with Gasteiger partial charge in [-0.05, 0) is 30.3 Å². The highest BCUT2D eigenvalue weighted by Crippen LogP contribution is 2.28. The lowest BCUT2D eigenvalue weighted by Gasteiger charge is -2.10. The fourth-order valence-corrected chi connectivity index (χ4v) is 3.47. The van der Waals surface area contributed by atoms with E-state index in [1.54, 1.807) is 12.1 Å². The van der Waals surface area contributed by atoms with E-state index < -0.39 is 11.9 Å². The second-order valence-corrected chi connectivity index (χ2v) is 6.57. The molecule has 1 amide bonds. The third-order valence-corrected chi connectivity index (χ3v) is 5.01. The first-order chi connectivity index (χ1) is 13.0. The molecule has 27 heavy (non-hydrogen) atoms. The predicted octanol–water partition coefficient (Wildman–Crippen LogP) is 2.54. The van der Waals surface area contributed by atoms with Gasteiger partial charge in [0.2, 0.25) is 0 Å². The van der Waals surface area contributed by atoms with Crippen LogP contribution < -0.4 is 14.3 Å². The van der Waals surface area contributed by atoms with Gasteiger partial charge in [-0.15, -0.1) is 0 Å². The summed E-state index contributed by atoms with van der Waals surface area (Å²) in [5.74, 6) is -0.272. The molecule has 1 aromatic heterocycles. The summed E-state index contributed by atoms with van der Waals surface area (Å²) in [7, 11) is 4.61. The molecule has 0 atom stereocenters. The van der Waals surface area contributed by atoms with E-state index in [2.05, 4.69) is 9.73 Å². The van der Waals surface area contributed by atoms with Gasteiger partial charge in [0.25, 0.3) is 5.91 Å². The molecular weight excluding hydrogens is 368 g/mol. The van der Waals surface area contributed by atoms with E-state index in [-0.39, 0.29) is 12.4 Å². The zero-order chi connectivity index (χ0) is 19.4. The summed E-state index contributed by atoms with van der Waals surface area (Å²) in [4.78, 5) is 28.7. The smallest absolute Gasteiger partial charge is 0.343 e. The summed E-state index contributed by atoms with van der Waals surface area (Å²) in [6, 6.07) is 12.5. The minimum Gasteiger partial charge on any atom is -0.493 e. The van der Waals surface area contributed by atoms with Gasteiger partial charge in [0.1, 0.15) is 0 Å². The van der Waals surface area contributed by atoms with Crippen molar-refractivity contribution < 1.29 is 23.8 Å². The molecule has 7 nitrogen and oxygen atoms in total. The Morgan fingerprint density at radius 3 is 2.59 bits per heavy atom. The number of aromatic nitrogens is 1. The summed E-state index contributed by atoms with van der Waals surface area (Å²) in [6.07, 6.45) is 0. The number of hydrogen-bond acceptors (Lipinski definition) is 6. The van der Waals surface area contributed by atoms with Crippen molar-refractivity contribution in [3.05, 3.63) is 52.8 Å². The van der Waals surface area contributed by atoms with E-state index in [4.69, 9.17) is 9.47 Å². The second-order valence-electron chi connectivity index (χ2n) is 5.56. The van der Waals surface area contributed by atoms with Crippen molar-refractivity contribution in [1.82, 2.24) is 4.57 Å². The van der Waals surface area contributed by atoms with E-state index in [1.807, 2.05) is 35.9 Å². The molecule has 0 spiro atoms. The Morgan fingerprint density at radius 2 is 1.89 bits per heavy atom. The van der Waals surface area contributed by atoms with Crippen molar-refractivity contribution >= 4 is 33.4 Å². The molecular formula is C19H18N2O5S. The summed E-state index contributed by atoms with van der Waals surface area (Å²) in [6.45, 7) is -0.285. The lowest BCUT2D eigenvalue weighted by atomic mass is 10.2. The van der Waals surface area contributed by atoms with Crippen LogP contribution in [0.3, 0.4) is 0 Å². The molecule has 0 fully saturated rings. The molecule has 0 saturated carbocycles. The zero-order valence-electron chi connectivity index (χ0n) is 15.1. The number of nitrogens with zero attached hydrogens (tertiary/aromatic N) is 2. The van der Waals surface area contributed by atoms with Gasteiger partial charge in [-0.3, -0.25) is 4.79 Å². The SMILES string of the molecule is COC(=O)COc1cc(C(=O)N=c2sc3ccccc3n2C)ccc1OC. The maximum Gasteiger partial charge on any atom is 0.343 e. The summed E-state index contributed by atoms with van der Waals surface area (Å²) < 4.78 is 18.1. The molecule has 140 valence electrons. The van der Waals surface area contributed by atoms with Crippen LogP contribution in [0.4, 0.5) is 0 Å². The van der Waals surface area contributed by atoms with Crippen molar-refractivity contribution in [3.8, 4) is 11.5 Å². The Morgan fingerprint density at radius 1 is 1.11 bits per heavy atom. The number of benzene rings is 2. The van der Waals surface area contributed by atoms with Gasteiger partial charge in [-0.25, -0.2) is 4.79 Å². The normalized spacial score (nSPS) is 11.4. The number of hydrogen-bond donors (Lipinski definition) is 0. The Bertz CT molecular complexity index is 1070. The van der Waals surface area contributed by atoms with Crippen LogP contribution in [-0.2, 0) is 16.6 Å². The standard InChI is InChI=1S/C19H18N2O5S/c1-21-13-6-4-5-7-16(13)27-19(21)20-18(23)12-8-9-14(24-2)15(10-12)26-11-17(22)25-3/h4-10H,11H2,1-3H3. The number of fused-ring (bicyclic) bond motifs is 1. The predicted molar refractivity (Wildman–Crippen MR) is 101 cm³/mol. The highest BCUT2D eigenvalue weighted by Gasteiger charge is 2.13. The lowest BCUT2D eigenvalue weighted by Crippen LogP contribution is -2.14. The van der Waals surface area contributed by atoms with Crippen LogP contribution in [0.15, 0.2) is 47.5 Å². The molecule has 3 rings (SSSR count). The van der Waals surface area contributed by atoms with Crippen LogP contribution in [0.25, 0.3) is 10.2 Å². The zero-order valence-corrected chi connectivity index (χ0v) is 15.9. The molecule has 8 heteroatoms. The fraction of sp³-hybridized carbons (Fsp3) is 0.211. The third-order valence-electron chi connectivity index (χ3n) is 3.90. The first-order valence-electron chi connectivity index (χ1n) is 8.04. The number of thiazole rings is 1. The van der Waals surface area contributed by atoms with Crippen molar-refractivity contribution in [2.24, 2.45) is 12.0 Å². The highest BCUT2D eigenvalue weighted by atomic mass is 32.1. The number of rotatable bonds is 5. The summed E-state index contributed by atoms with van der Waals surface area (Å²) in [5, 5.41) is 0. The van der Waals surface area contributed by atoms with Crippen LogP contribution in [0.1, 0.15) is 10.4 Å². The number of methoxy groups -OCH3 is 2. The van der Waals surface area contributed by atoms with Crippen LogP contribution >= 0.6 is 11.3 Å². The average molecular weight is 386 g/mol. The molecule has 0 saturated heterocycles. The lowest BCUT2D eigenvalue weighted by molar-refractivity contribution is -0.142.